The van der Waals surface area contributed by atoms with Gasteiger partial charge in [-0.3, -0.25) is 0 Å². The molecule has 0 bridgehead atoms. The quantitative estimate of drug-likeness (QED) is 0.138. The van der Waals surface area contributed by atoms with E-state index in [1.807, 2.05) is 0 Å². The average Bonchev–Trinajstić information content (AvgIpc) is 2.01. The van der Waals surface area contributed by atoms with Crippen LogP contribution in [0.4, 0.5) is 17.1 Å². The minimum Gasteiger partial charge on any atom is -0.310 e. The Morgan fingerprint density at radius 3 is 0.963 bits per heavy atom. The van der Waals surface area contributed by atoms with Crippen LogP contribution in [0.15, 0.2) is 194 Å². The van der Waals surface area contributed by atoms with Crippen molar-refractivity contribution < 1.29 is 0 Å². The fourth-order valence-electron chi connectivity index (χ4n) is 13.5. The lowest BCUT2D eigenvalue weighted by Gasteiger charge is -2.30. The summed E-state index contributed by atoms with van der Waals surface area (Å²) >= 11 is 0. The van der Waals surface area contributed by atoms with Crippen molar-refractivity contribution in [3.8, 4) is 50.2 Å². The second-order valence-corrected chi connectivity index (χ2v) is 26.3. The number of aromatic nitrogens is 1. The normalized spacial score (nSPS) is 12.3. The molecule has 2 heteroatoms. The Hall–Kier alpha value is -8.72. The van der Waals surface area contributed by atoms with Crippen molar-refractivity contribution in [1.82, 2.24) is 4.57 Å². The molecule has 1 aromatic heterocycles. The molecule has 0 fully saturated rings. The van der Waals surface area contributed by atoms with Gasteiger partial charge in [0.25, 0.3) is 0 Å². The molecule has 13 rings (SSSR count). The molecule has 0 saturated heterocycles. The first kappa shape index (κ1) is 52.6. The lowest BCUT2D eigenvalue weighted by atomic mass is 9.85. The molecular weight excluding hydrogens is 989 g/mol. The highest BCUT2D eigenvalue weighted by atomic mass is 15.1. The SMILES string of the molecule is Cc1cc(C)cc(-c2cc(-c3cc(C)cc(C)c3)cc(N(c3cc(-c4cc(C)cc(C)c4)cc(-c4cc(C)cc(C)c4)c3)c3ccc4ccc5c(-n6c7ccc(C(C)(C)C)cc7c7cc(C(C)(C)C)ccc76)ccc6ccc3c4c65)c2)c1. The standard InChI is InChI=1S/C80H74N2/c1-47-27-48(2)32-57(31-47)61-39-62(58-33-49(3)28-50(4)34-58)42-67(41-61)81(68-43-63(59-35-51(5)29-52(6)36-59)40-64(44-68)60-37-53(7)30-54(8)38-60)73-23-17-55-16-22-70-74(24-18-56-15-21-69(73)77(55)78(56)70)82-75-25-19-65(79(9,10)11)45-71(75)72-46-66(80(12,13)14)20-26-76(72)82/h15-46H,1-14H3. The maximum absolute atomic E-state index is 2.58. The average molecular weight is 1060 g/mol. The minimum absolute atomic E-state index is 0.00707. The Morgan fingerprint density at radius 1 is 0.280 bits per heavy atom. The highest BCUT2D eigenvalue weighted by molar-refractivity contribution is 6.27. The van der Waals surface area contributed by atoms with Crippen LogP contribution in [0, 0.1) is 55.4 Å². The van der Waals surface area contributed by atoms with E-state index in [1.54, 1.807) is 0 Å². The third kappa shape index (κ3) is 9.42. The van der Waals surface area contributed by atoms with Crippen LogP contribution in [0.25, 0.3) is 104 Å². The molecule has 0 unspecified atom stereocenters. The fraction of sp³-hybridized carbons (Fsp3) is 0.200. The number of nitrogens with zero attached hydrogens (tertiary/aromatic N) is 2. The highest BCUT2D eigenvalue weighted by Crippen LogP contribution is 2.49. The molecule has 404 valence electrons. The molecule has 13 aromatic rings. The van der Waals surface area contributed by atoms with Gasteiger partial charge in [0.15, 0.2) is 0 Å². The maximum Gasteiger partial charge on any atom is 0.0541 e. The zero-order chi connectivity index (χ0) is 57.3. The van der Waals surface area contributed by atoms with E-state index in [1.165, 1.54) is 160 Å². The van der Waals surface area contributed by atoms with Crippen molar-refractivity contribution in [3.63, 3.8) is 0 Å². The number of hydrogen-bond donors (Lipinski definition) is 0. The van der Waals surface area contributed by atoms with E-state index in [9.17, 15) is 0 Å². The smallest absolute Gasteiger partial charge is 0.0541 e. The molecule has 1 heterocycles. The van der Waals surface area contributed by atoms with Crippen molar-refractivity contribution in [2.75, 3.05) is 4.90 Å². The molecule has 2 nitrogen and oxygen atoms in total. The van der Waals surface area contributed by atoms with E-state index >= 15 is 0 Å². The summed E-state index contributed by atoms with van der Waals surface area (Å²) in [7, 11) is 0. The first-order chi connectivity index (χ1) is 39.1. The van der Waals surface area contributed by atoms with Gasteiger partial charge in [-0.1, -0.05) is 207 Å². The molecule has 0 atom stereocenters. The molecule has 0 amide bonds. The first-order valence-electron chi connectivity index (χ1n) is 29.4. The van der Waals surface area contributed by atoms with Gasteiger partial charge in [0, 0.05) is 32.9 Å². The largest absolute Gasteiger partial charge is 0.310 e. The Morgan fingerprint density at radius 2 is 0.598 bits per heavy atom. The van der Waals surface area contributed by atoms with E-state index in [4.69, 9.17) is 0 Å². The molecule has 0 aliphatic rings. The van der Waals surface area contributed by atoms with Gasteiger partial charge in [-0.15, -0.1) is 0 Å². The molecule has 82 heavy (non-hydrogen) atoms. The maximum atomic E-state index is 2.58. The van der Waals surface area contributed by atoms with Crippen molar-refractivity contribution in [1.29, 1.82) is 0 Å². The van der Waals surface area contributed by atoms with Crippen molar-refractivity contribution >= 4 is 71.2 Å². The van der Waals surface area contributed by atoms with Crippen LogP contribution < -0.4 is 4.90 Å². The molecule has 0 spiro atoms. The predicted molar refractivity (Wildman–Crippen MR) is 356 cm³/mol. The molecule has 0 N–H and O–H groups in total. The first-order valence-corrected chi connectivity index (χ1v) is 29.4. The van der Waals surface area contributed by atoms with E-state index in [0.717, 1.165) is 17.1 Å². The van der Waals surface area contributed by atoms with Gasteiger partial charge < -0.3 is 9.47 Å². The summed E-state index contributed by atoms with van der Waals surface area (Å²) in [6, 6.07) is 75.8. The second kappa shape index (κ2) is 19.5. The zero-order valence-corrected chi connectivity index (χ0v) is 50.4. The Balaban J connectivity index is 1.13. The van der Waals surface area contributed by atoms with Crippen LogP contribution in [-0.2, 0) is 10.8 Å². The van der Waals surface area contributed by atoms with Crippen LogP contribution in [0.3, 0.4) is 0 Å². The van der Waals surface area contributed by atoms with Crippen LogP contribution in [0.2, 0.25) is 0 Å². The van der Waals surface area contributed by atoms with Gasteiger partial charge in [0.2, 0.25) is 0 Å². The zero-order valence-electron chi connectivity index (χ0n) is 50.4. The summed E-state index contributed by atoms with van der Waals surface area (Å²) in [5.41, 5.74) is 29.2. The van der Waals surface area contributed by atoms with Gasteiger partial charge in [0.05, 0.1) is 22.4 Å². The minimum atomic E-state index is 0.00707. The fourth-order valence-corrected chi connectivity index (χ4v) is 13.5. The van der Waals surface area contributed by atoms with Crippen LogP contribution in [0.5, 0.6) is 0 Å². The Bertz CT molecular complexity index is 4290. The third-order valence-corrected chi connectivity index (χ3v) is 17.2. The molecule has 0 aliphatic heterocycles. The number of aryl methyl sites for hydroxylation is 8. The van der Waals surface area contributed by atoms with Crippen molar-refractivity contribution in [2.24, 2.45) is 0 Å². The number of hydrogen-bond acceptors (Lipinski definition) is 1. The predicted octanol–water partition coefficient (Wildman–Crippen LogP) is 22.9. The Kier molecular flexibility index (Phi) is 12.5. The molecule has 0 radical (unpaired) electrons. The van der Waals surface area contributed by atoms with Crippen LogP contribution >= 0.6 is 0 Å². The van der Waals surface area contributed by atoms with Gasteiger partial charge in [-0.25, -0.2) is 0 Å². The Labute approximate surface area is 485 Å². The van der Waals surface area contributed by atoms with E-state index < -0.39 is 0 Å². The van der Waals surface area contributed by atoms with Crippen LogP contribution in [0.1, 0.15) is 97.2 Å². The molecule has 0 aliphatic carbocycles. The number of rotatable bonds is 8. The van der Waals surface area contributed by atoms with E-state index in [0.29, 0.717) is 0 Å². The van der Waals surface area contributed by atoms with E-state index in [2.05, 4.69) is 301 Å². The highest BCUT2D eigenvalue weighted by Gasteiger charge is 2.26. The van der Waals surface area contributed by atoms with Gasteiger partial charge in [-0.2, -0.15) is 0 Å². The van der Waals surface area contributed by atoms with Crippen LogP contribution in [-0.4, -0.2) is 4.57 Å². The summed E-state index contributed by atoms with van der Waals surface area (Å²) in [5.74, 6) is 0. The lowest BCUT2D eigenvalue weighted by molar-refractivity contribution is 0.590. The molecule has 0 saturated carbocycles. The summed E-state index contributed by atoms with van der Waals surface area (Å²) in [5, 5.41) is 10.0. The summed E-state index contributed by atoms with van der Waals surface area (Å²) < 4.78 is 2.54. The summed E-state index contributed by atoms with van der Waals surface area (Å²) in [6.45, 7) is 31.7. The third-order valence-electron chi connectivity index (χ3n) is 17.2. The molecular formula is C80H74N2. The summed E-state index contributed by atoms with van der Waals surface area (Å²) in [6.07, 6.45) is 0. The van der Waals surface area contributed by atoms with Crippen molar-refractivity contribution in [2.45, 2.75) is 108 Å². The van der Waals surface area contributed by atoms with Crippen molar-refractivity contribution in [3.05, 3.63) is 250 Å². The summed E-state index contributed by atoms with van der Waals surface area (Å²) in [4.78, 5) is 2.58. The monoisotopic (exact) mass is 1060 g/mol. The number of anilines is 3. The number of benzene rings is 12. The van der Waals surface area contributed by atoms with Gasteiger partial charge in [0.1, 0.15) is 0 Å². The second-order valence-electron chi connectivity index (χ2n) is 26.3. The van der Waals surface area contributed by atoms with Gasteiger partial charge in [-0.05, 0) is 216 Å². The van der Waals surface area contributed by atoms with E-state index in [-0.39, 0.29) is 10.8 Å². The molecule has 12 aromatic carbocycles. The van der Waals surface area contributed by atoms with Gasteiger partial charge >= 0.3 is 0 Å². The number of fused-ring (bicyclic) bond motifs is 3. The lowest BCUT2D eigenvalue weighted by Crippen LogP contribution is -2.12. The topological polar surface area (TPSA) is 8.17 Å².